The fourth-order valence-corrected chi connectivity index (χ4v) is 1.40. The van der Waals surface area contributed by atoms with E-state index in [-0.39, 0.29) is 11.4 Å². The molecular formula is C10H9ClF2O2. The molecular weight excluding hydrogens is 226 g/mol. The summed E-state index contributed by atoms with van der Waals surface area (Å²) in [7, 11) is 0. The fraction of sp³-hybridized carbons (Fsp3) is 0.300. The molecule has 15 heavy (non-hydrogen) atoms. The first-order chi connectivity index (χ1) is 6.91. The minimum atomic E-state index is -1.11. The van der Waals surface area contributed by atoms with E-state index in [9.17, 15) is 13.6 Å². The number of hydrogen-bond donors (Lipinski definition) is 1. The van der Waals surface area contributed by atoms with Crippen LogP contribution < -0.4 is 0 Å². The van der Waals surface area contributed by atoms with Gasteiger partial charge in [-0.1, -0.05) is 18.5 Å². The van der Waals surface area contributed by atoms with Gasteiger partial charge in [-0.05, 0) is 24.1 Å². The van der Waals surface area contributed by atoms with Gasteiger partial charge in [0.15, 0.2) is 11.6 Å². The highest BCUT2D eigenvalue weighted by Gasteiger charge is 2.15. The van der Waals surface area contributed by atoms with Gasteiger partial charge in [0.05, 0.1) is 10.9 Å². The van der Waals surface area contributed by atoms with E-state index in [2.05, 4.69) is 0 Å². The van der Waals surface area contributed by atoms with E-state index in [1.807, 2.05) is 0 Å². The molecule has 5 heteroatoms. The zero-order chi connectivity index (χ0) is 11.6. The normalized spacial score (nSPS) is 12.5. The maximum Gasteiger partial charge on any atom is 0.306 e. The molecule has 0 aliphatic heterocycles. The molecule has 0 aliphatic rings. The van der Waals surface area contributed by atoms with Crippen molar-refractivity contribution in [1.82, 2.24) is 0 Å². The van der Waals surface area contributed by atoms with E-state index in [0.717, 1.165) is 6.07 Å². The molecule has 1 atom stereocenters. The summed E-state index contributed by atoms with van der Waals surface area (Å²) in [6.07, 6.45) is 0.117. The van der Waals surface area contributed by atoms with Crippen LogP contribution in [0.15, 0.2) is 12.1 Å². The van der Waals surface area contributed by atoms with Crippen LogP contribution in [0.3, 0.4) is 0 Å². The first-order valence-corrected chi connectivity index (χ1v) is 4.66. The molecule has 0 saturated carbocycles. The number of rotatable bonds is 3. The third-order valence-corrected chi connectivity index (χ3v) is 2.28. The molecule has 0 saturated heterocycles. The Bertz CT molecular complexity index is 370. The molecule has 1 N–H and O–H groups in total. The summed E-state index contributed by atoms with van der Waals surface area (Å²) in [5.74, 6) is -3.82. The van der Waals surface area contributed by atoms with Gasteiger partial charge >= 0.3 is 5.97 Å². The molecule has 2 nitrogen and oxygen atoms in total. The lowest BCUT2D eigenvalue weighted by Gasteiger charge is -2.07. The highest BCUT2D eigenvalue weighted by atomic mass is 35.5. The first kappa shape index (κ1) is 11.9. The van der Waals surface area contributed by atoms with Crippen LogP contribution in [0.2, 0.25) is 5.02 Å². The number of carbonyl (C=O) groups is 1. The molecule has 1 aromatic rings. The van der Waals surface area contributed by atoms with E-state index >= 15 is 0 Å². The van der Waals surface area contributed by atoms with E-state index in [0.29, 0.717) is 5.56 Å². The topological polar surface area (TPSA) is 37.3 Å². The first-order valence-electron chi connectivity index (χ1n) is 4.28. The fourth-order valence-electron chi connectivity index (χ4n) is 1.17. The summed E-state index contributed by atoms with van der Waals surface area (Å²) >= 11 is 5.42. The van der Waals surface area contributed by atoms with E-state index in [1.165, 1.54) is 13.0 Å². The van der Waals surface area contributed by atoms with Crippen LogP contribution in [-0.2, 0) is 11.2 Å². The van der Waals surface area contributed by atoms with Crippen LogP contribution in [-0.4, -0.2) is 11.1 Å². The maximum absolute atomic E-state index is 12.9. The maximum atomic E-state index is 12.9. The monoisotopic (exact) mass is 234 g/mol. The number of carboxylic acid groups (broad SMARTS) is 1. The van der Waals surface area contributed by atoms with Crippen molar-refractivity contribution in [3.63, 3.8) is 0 Å². The molecule has 0 aromatic heterocycles. The van der Waals surface area contributed by atoms with Crippen LogP contribution in [0.25, 0.3) is 0 Å². The van der Waals surface area contributed by atoms with Crippen molar-refractivity contribution < 1.29 is 18.7 Å². The summed E-state index contributed by atoms with van der Waals surface area (Å²) < 4.78 is 25.7. The van der Waals surface area contributed by atoms with Gasteiger partial charge in [0.25, 0.3) is 0 Å². The summed E-state index contributed by atoms with van der Waals surface area (Å²) in [6.45, 7) is 1.48. The second-order valence-electron chi connectivity index (χ2n) is 3.32. The quantitative estimate of drug-likeness (QED) is 0.817. The number of aliphatic carboxylic acids is 1. The number of carboxylic acids is 1. The highest BCUT2D eigenvalue weighted by Crippen LogP contribution is 2.21. The van der Waals surface area contributed by atoms with E-state index in [1.54, 1.807) is 0 Å². The van der Waals surface area contributed by atoms with Crippen molar-refractivity contribution in [1.29, 1.82) is 0 Å². The van der Waals surface area contributed by atoms with Crippen LogP contribution in [0.1, 0.15) is 12.5 Å². The van der Waals surface area contributed by atoms with Gasteiger partial charge in [-0.2, -0.15) is 0 Å². The van der Waals surface area contributed by atoms with Gasteiger partial charge < -0.3 is 5.11 Å². The Labute approximate surface area is 90.5 Å². The molecule has 1 rings (SSSR count). The summed E-state index contributed by atoms with van der Waals surface area (Å²) in [5.41, 5.74) is 0.369. The van der Waals surface area contributed by atoms with Gasteiger partial charge in [-0.25, -0.2) is 8.78 Å². The van der Waals surface area contributed by atoms with Crippen molar-refractivity contribution in [2.24, 2.45) is 5.92 Å². The van der Waals surface area contributed by atoms with Crippen LogP contribution in [0.4, 0.5) is 8.78 Å². The Balaban J connectivity index is 2.92. The number of hydrogen-bond acceptors (Lipinski definition) is 1. The second-order valence-corrected chi connectivity index (χ2v) is 3.72. The smallest absolute Gasteiger partial charge is 0.306 e. The predicted octanol–water partition coefficient (Wildman–Crippen LogP) is 2.88. The molecule has 0 spiro atoms. The van der Waals surface area contributed by atoms with E-state index < -0.39 is 23.5 Å². The predicted molar refractivity (Wildman–Crippen MR) is 51.9 cm³/mol. The molecule has 0 amide bonds. The third kappa shape index (κ3) is 2.89. The Kier molecular flexibility index (Phi) is 3.63. The average Bonchev–Trinajstić information content (AvgIpc) is 2.13. The van der Waals surface area contributed by atoms with Crippen LogP contribution >= 0.6 is 11.6 Å². The average molecular weight is 235 g/mol. The summed E-state index contributed by atoms with van der Waals surface area (Å²) in [4.78, 5) is 10.5. The Morgan fingerprint density at radius 3 is 2.60 bits per heavy atom. The van der Waals surface area contributed by atoms with Crippen molar-refractivity contribution in [2.75, 3.05) is 0 Å². The van der Waals surface area contributed by atoms with Crippen molar-refractivity contribution >= 4 is 17.6 Å². The number of halogens is 3. The summed E-state index contributed by atoms with van der Waals surface area (Å²) in [6, 6.07) is 2.19. The molecule has 1 aromatic carbocycles. The Hall–Kier alpha value is -1.16. The van der Waals surface area contributed by atoms with Gasteiger partial charge in [0.1, 0.15) is 0 Å². The standard InChI is InChI=1S/C10H9ClF2O2/c1-5(10(14)15)2-6-3-7(11)9(13)8(12)4-6/h3-5H,2H2,1H3,(H,14,15). The lowest BCUT2D eigenvalue weighted by Crippen LogP contribution is -2.12. The SMILES string of the molecule is CC(Cc1cc(F)c(F)c(Cl)c1)C(=O)O. The molecule has 0 radical (unpaired) electrons. The molecule has 0 aliphatic carbocycles. The highest BCUT2D eigenvalue weighted by molar-refractivity contribution is 6.30. The molecule has 0 heterocycles. The van der Waals surface area contributed by atoms with Crippen molar-refractivity contribution in [2.45, 2.75) is 13.3 Å². The van der Waals surface area contributed by atoms with Gasteiger partial charge in [-0.3, -0.25) is 4.79 Å². The summed E-state index contributed by atoms with van der Waals surface area (Å²) in [5, 5.41) is 8.30. The lowest BCUT2D eigenvalue weighted by atomic mass is 10.0. The molecule has 1 unspecified atom stereocenters. The molecule has 82 valence electrons. The van der Waals surface area contributed by atoms with Crippen LogP contribution in [0, 0.1) is 17.6 Å². The Morgan fingerprint density at radius 2 is 2.13 bits per heavy atom. The van der Waals surface area contributed by atoms with E-state index in [4.69, 9.17) is 16.7 Å². The molecule has 0 fully saturated rings. The number of benzene rings is 1. The zero-order valence-corrected chi connectivity index (χ0v) is 8.68. The van der Waals surface area contributed by atoms with Crippen molar-refractivity contribution in [3.05, 3.63) is 34.4 Å². The minimum absolute atomic E-state index is 0.117. The molecule has 0 bridgehead atoms. The largest absolute Gasteiger partial charge is 0.481 e. The van der Waals surface area contributed by atoms with Crippen LogP contribution in [0.5, 0.6) is 0 Å². The third-order valence-electron chi connectivity index (χ3n) is 2.01. The van der Waals surface area contributed by atoms with Gasteiger partial charge in [0, 0.05) is 0 Å². The zero-order valence-electron chi connectivity index (χ0n) is 7.93. The lowest BCUT2D eigenvalue weighted by molar-refractivity contribution is -0.141. The van der Waals surface area contributed by atoms with Gasteiger partial charge in [0.2, 0.25) is 0 Å². The van der Waals surface area contributed by atoms with Crippen molar-refractivity contribution in [3.8, 4) is 0 Å². The second kappa shape index (κ2) is 4.57. The minimum Gasteiger partial charge on any atom is -0.481 e. The Morgan fingerprint density at radius 1 is 1.53 bits per heavy atom. The van der Waals surface area contributed by atoms with Gasteiger partial charge in [-0.15, -0.1) is 0 Å².